The summed E-state index contributed by atoms with van der Waals surface area (Å²) in [5.74, 6) is 0. The highest BCUT2D eigenvalue weighted by molar-refractivity contribution is 7.25. The van der Waals surface area contributed by atoms with Gasteiger partial charge in [0.1, 0.15) is 0 Å². The molecule has 0 amide bonds. The molecular weight excluding hydrogens is 613 g/mol. The lowest BCUT2D eigenvalue weighted by atomic mass is 10.0. The van der Waals surface area contributed by atoms with Crippen molar-refractivity contribution in [3.8, 4) is 16.8 Å². The lowest BCUT2D eigenvalue weighted by molar-refractivity contribution is 1.18. The van der Waals surface area contributed by atoms with Crippen molar-refractivity contribution in [1.82, 2.24) is 4.57 Å². The Kier molecular flexibility index (Phi) is 6.39. The molecule has 10 aromatic rings. The normalized spacial score (nSPS) is 11.7. The second kappa shape index (κ2) is 11.2. The fraction of sp³-hybridized carbons (Fsp3) is 0. The number of fused-ring (bicyclic) bond motifs is 7. The summed E-state index contributed by atoms with van der Waals surface area (Å²) in [6, 6.07) is 66.2. The van der Waals surface area contributed by atoms with E-state index < -0.39 is 0 Å². The van der Waals surface area contributed by atoms with Gasteiger partial charge in [-0.1, -0.05) is 115 Å². The standard InChI is InChI=1S/C46H30N2S/c1-2-13-34(14-3-1)48-43-18-8-6-16-38(43)41-30-36(26-28-44(41)48)47(42-19-10-12-32-11-4-5-15-37(32)42)35-24-21-31(22-25-35)33-23-27-40-39-17-7-9-20-45(39)49-46(40)29-33/h1-30H. The minimum atomic E-state index is 1.12. The predicted octanol–water partition coefficient (Wildman–Crippen LogP) is 13.4. The lowest BCUT2D eigenvalue weighted by Crippen LogP contribution is -2.10. The molecule has 0 saturated heterocycles. The molecule has 0 aliphatic heterocycles. The van der Waals surface area contributed by atoms with E-state index in [2.05, 4.69) is 191 Å². The summed E-state index contributed by atoms with van der Waals surface area (Å²) in [5.41, 5.74) is 9.41. The largest absolute Gasteiger partial charge is 0.310 e. The van der Waals surface area contributed by atoms with Crippen LogP contribution in [0.2, 0.25) is 0 Å². The van der Waals surface area contributed by atoms with Crippen LogP contribution in [0, 0.1) is 0 Å². The molecule has 0 saturated carbocycles. The average molecular weight is 643 g/mol. The van der Waals surface area contributed by atoms with Gasteiger partial charge >= 0.3 is 0 Å². The van der Waals surface area contributed by atoms with E-state index in [-0.39, 0.29) is 0 Å². The Morgan fingerprint density at radius 3 is 1.92 bits per heavy atom. The van der Waals surface area contributed by atoms with Crippen molar-refractivity contribution >= 4 is 81.1 Å². The van der Waals surface area contributed by atoms with Gasteiger partial charge in [-0.2, -0.15) is 0 Å². The van der Waals surface area contributed by atoms with Gasteiger partial charge in [-0.25, -0.2) is 0 Å². The summed E-state index contributed by atoms with van der Waals surface area (Å²) in [7, 11) is 0. The van der Waals surface area contributed by atoms with E-state index in [1.54, 1.807) is 0 Å². The summed E-state index contributed by atoms with van der Waals surface area (Å²) < 4.78 is 5.03. The fourth-order valence-electron chi connectivity index (χ4n) is 7.49. The molecule has 0 bridgehead atoms. The number of rotatable bonds is 5. The quantitative estimate of drug-likeness (QED) is 0.181. The van der Waals surface area contributed by atoms with Crippen molar-refractivity contribution in [1.29, 1.82) is 0 Å². The molecule has 3 heteroatoms. The maximum atomic E-state index is 2.41. The monoisotopic (exact) mass is 642 g/mol. The van der Waals surface area contributed by atoms with Gasteiger partial charge in [0.15, 0.2) is 0 Å². The first-order chi connectivity index (χ1) is 24.3. The molecule has 2 heterocycles. The minimum absolute atomic E-state index is 1.12. The van der Waals surface area contributed by atoms with Crippen LogP contribution < -0.4 is 4.90 Å². The Morgan fingerprint density at radius 1 is 0.388 bits per heavy atom. The van der Waals surface area contributed by atoms with Crippen molar-refractivity contribution < 1.29 is 0 Å². The number of anilines is 3. The summed E-state index contributed by atoms with van der Waals surface area (Å²) >= 11 is 1.87. The molecule has 8 aromatic carbocycles. The number of nitrogens with zero attached hydrogens (tertiary/aromatic N) is 2. The van der Waals surface area contributed by atoms with Gasteiger partial charge in [0.25, 0.3) is 0 Å². The Labute approximate surface area is 288 Å². The van der Waals surface area contributed by atoms with Crippen molar-refractivity contribution in [3.63, 3.8) is 0 Å². The number of aromatic nitrogens is 1. The molecule has 0 aliphatic rings. The highest BCUT2D eigenvalue weighted by atomic mass is 32.1. The number of hydrogen-bond acceptors (Lipinski definition) is 2. The molecule has 0 aliphatic carbocycles. The smallest absolute Gasteiger partial charge is 0.0542 e. The van der Waals surface area contributed by atoms with Crippen LogP contribution in [-0.4, -0.2) is 4.57 Å². The lowest BCUT2D eigenvalue weighted by Gasteiger charge is -2.27. The first kappa shape index (κ1) is 27.9. The van der Waals surface area contributed by atoms with Crippen LogP contribution in [0.5, 0.6) is 0 Å². The predicted molar refractivity (Wildman–Crippen MR) is 211 cm³/mol. The van der Waals surface area contributed by atoms with E-state index >= 15 is 0 Å². The van der Waals surface area contributed by atoms with Gasteiger partial charge in [0, 0.05) is 53.4 Å². The Balaban J connectivity index is 1.14. The zero-order valence-corrected chi connectivity index (χ0v) is 27.4. The van der Waals surface area contributed by atoms with E-state index in [1.807, 2.05) is 11.3 Å². The third-order valence-corrected chi connectivity index (χ3v) is 10.9. The zero-order valence-electron chi connectivity index (χ0n) is 26.6. The van der Waals surface area contributed by atoms with Crippen LogP contribution in [0.4, 0.5) is 17.1 Å². The average Bonchev–Trinajstić information content (AvgIpc) is 3.71. The van der Waals surface area contributed by atoms with E-state index in [0.717, 1.165) is 22.7 Å². The van der Waals surface area contributed by atoms with E-state index in [4.69, 9.17) is 0 Å². The number of benzene rings is 8. The van der Waals surface area contributed by atoms with Crippen molar-refractivity contribution in [2.24, 2.45) is 0 Å². The molecule has 0 unspecified atom stereocenters. The molecule has 0 radical (unpaired) electrons. The van der Waals surface area contributed by atoms with Gasteiger partial charge in [0.05, 0.1) is 16.7 Å². The minimum Gasteiger partial charge on any atom is -0.310 e. The van der Waals surface area contributed by atoms with Gasteiger partial charge in [0.2, 0.25) is 0 Å². The van der Waals surface area contributed by atoms with Crippen LogP contribution in [0.15, 0.2) is 182 Å². The van der Waals surface area contributed by atoms with Crippen LogP contribution in [-0.2, 0) is 0 Å². The molecule has 230 valence electrons. The third-order valence-electron chi connectivity index (χ3n) is 9.77. The van der Waals surface area contributed by atoms with Gasteiger partial charge in [-0.15, -0.1) is 11.3 Å². The molecule has 0 fully saturated rings. The Morgan fingerprint density at radius 2 is 1.04 bits per heavy atom. The Bertz CT molecular complexity index is 2820. The fourth-order valence-corrected chi connectivity index (χ4v) is 8.64. The molecule has 0 atom stereocenters. The zero-order chi connectivity index (χ0) is 32.3. The first-order valence-electron chi connectivity index (χ1n) is 16.7. The summed E-state index contributed by atoms with van der Waals surface area (Å²) in [6.07, 6.45) is 0. The van der Waals surface area contributed by atoms with Crippen LogP contribution >= 0.6 is 11.3 Å². The van der Waals surface area contributed by atoms with Gasteiger partial charge < -0.3 is 9.47 Å². The topological polar surface area (TPSA) is 8.17 Å². The maximum Gasteiger partial charge on any atom is 0.0542 e. The molecular formula is C46H30N2S. The number of para-hydroxylation sites is 2. The SMILES string of the molecule is c1ccc(-n2c3ccccc3c3cc(N(c4ccc(-c5ccc6c(c5)sc5ccccc56)cc4)c4cccc5ccccc45)ccc32)cc1. The molecule has 2 nitrogen and oxygen atoms in total. The molecule has 49 heavy (non-hydrogen) atoms. The highest BCUT2D eigenvalue weighted by Crippen LogP contribution is 2.43. The summed E-state index contributed by atoms with van der Waals surface area (Å²) in [5, 5.41) is 7.57. The molecule has 10 rings (SSSR count). The van der Waals surface area contributed by atoms with Crippen molar-refractivity contribution in [2.45, 2.75) is 0 Å². The number of thiophene rings is 1. The van der Waals surface area contributed by atoms with Gasteiger partial charge in [-0.05, 0) is 83.2 Å². The number of hydrogen-bond donors (Lipinski definition) is 0. The Hall–Kier alpha value is -6.16. The van der Waals surface area contributed by atoms with E-state index in [9.17, 15) is 0 Å². The second-order valence-corrected chi connectivity index (χ2v) is 13.7. The molecule has 2 aromatic heterocycles. The molecule has 0 spiro atoms. The van der Waals surface area contributed by atoms with Crippen molar-refractivity contribution in [2.75, 3.05) is 4.90 Å². The van der Waals surface area contributed by atoms with Crippen LogP contribution in [0.25, 0.3) is 69.6 Å². The van der Waals surface area contributed by atoms with Gasteiger partial charge in [-0.3, -0.25) is 0 Å². The third kappa shape index (κ3) is 4.55. The summed E-state index contributed by atoms with van der Waals surface area (Å²) in [6.45, 7) is 0. The van der Waals surface area contributed by atoms with E-state index in [0.29, 0.717) is 0 Å². The van der Waals surface area contributed by atoms with Crippen molar-refractivity contribution in [3.05, 3.63) is 182 Å². The molecule has 0 N–H and O–H groups in total. The summed E-state index contributed by atoms with van der Waals surface area (Å²) in [4.78, 5) is 2.41. The van der Waals surface area contributed by atoms with Crippen LogP contribution in [0.3, 0.4) is 0 Å². The second-order valence-electron chi connectivity index (χ2n) is 12.6. The van der Waals surface area contributed by atoms with E-state index in [1.165, 1.54) is 63.9 Å². The maximum absolute atomic E-state index is 2.41. The van der Waals surface area contributed by atoms with Crippen LogP contribution in [0.1, 0.15) is 0 Å². The highest BCUT2D eigenvalue weighted by Gasteiger charge is 2.19. The first-order valence-corrected chi connectivity index (χ1v) is 17.5.